The first-order valence-electron chi connectivity index (χ1n) is 6.60. The van der Waals surface area contributed by atoms with Crippen LogP contribution in [-0.4, -0.2) is 41.0 Å². The van der Waals surface area contributed by atoms with Crippen molar-refractivity contribution < 1.29 is 4.79 Å². The summed E-state index contributed by atoms with van der Waals surface area (Å²) in [4.78, 5) is 18.6. The third kappa shape index (κ3) is 1.98. The molecule has 0 spiro atoms. The fourth-order valence-corrected chi connectivity index (χ4v) is 3.23. The molecule has 5 heteroatoms. The van der Waals surface area contributed by atoms with Gasteiger partial charge in [0.1, 0.15) is 11.8 Å². The summed E-state index contributed by atoms with van der Waals surface area (Å²) in [6.45, 7) is 3.97. The van der Waals surface area contributed by atoms with Crippen LogP contribution in [0, 0.1) is 17.2 Å². The quantitative estimate of drug-likeness (QED) is 0.806. The number of nitrogens with zero attached hydrogens (tertiary/aromatic N) is 3. The zero-order chi connectivity index (χ0) is 13.4. The molecule has 1 amide bonds. The third-order valence-electron chi connectivity index (χ3n) is 4.13. The maximum Gasteiger partial charge on any atom is 0.272 e. The molecule has 3 heterocycles. The Labute approximate surface area is 112 Å². The summed E-state index contributed by atoms with van der Waals surface area (Å²) in [6, 6.07) is 5.85. The lowest BCUT2D eigenvalue weighted by molar-refractivity contribution is 0.0676. The van der Waals surface area contributed by atoms with Crippen LogP contribution in [0.5, 0.6) is 0 Å². The van der Waals surface area contributed by atoms with Gasteiger partial charge in [-0.05, 0) is 31.4 Å². The van der Waals surface area contributed by atoms with Crippen LogP contribution in [-0.2, 0) is 0 Å². The van der Waals surface area contributed by atoms with Crippen molar-refractivity contribution in [3.8, 4) is 6.07 Å². The van der Waals surface area contributed by atoms with E-state index >= 15 is 0 Å². The van der Waals surface area contributed by atoms with E-state index in [1.165, 1.54) is 6.20 Å². The monoisotopic (exact) mass is 256 g/mol. The molecular weight excluding hydrogens is 240 g/mol. The van der Waals surface area contributed by atoms with Crippen LogP contribution in [0.25, 0.3) is 0 Å². The third-order valence-corrected chi connectivity index (χ3v) is 4.13. The molecule has 1 aromatic heterocycles. The summed E-state index contributed by atoms with van der Waals surface area (Å²) in [5.74, 6) is 0.547. The standard InChI is InChI=1S/C14H16N4O/c1-9-4-11-7-16-8-13(11)18(9)14(19)12-3-2-10(5-15)6-17-12/h2-3,6,9,11,13,16H,4,7-8H2,1H3. The molecule has 3 rings (SSSR count). The second-order valence-corrected chi connectivity index (χ2v) is 5.33. The SMILES string of the molecule is CC1CC2CNCC2N1C(=O)c1ccc(C#N)cn1. The van der Waals surface area contributed by atoms with Gasteiger partial charge in [-0.2, -0.15) is 5.26 Å². The first kappa shape index (κ1) is 12.1. The summed E-state index contributed by atoms with van der Waals surface area (Å²) in [7, 11) is 0. The number of likely N-dealkylation sites (tertiary alicyclic amines) is 1. The molecule has 3 unspecified atom stereocenters. The number of pyridine rings is 1. The molecule has 19 heavy (non-hydrogen) atoms. The highest BCUT2D eigenvalue weighted by Crippen LogP contribution is 2.33. The van der Waals surface area contributed by atoms with Gasteiger partial charge in [0.25, 0.3) is 5.91 Å². The molecule has 3 atom stereocenters. The number of carbonyl (C=O) groups excluding carboxylic acids is 1. The van der Waals surface area contributed by atoms with Crippen LogP contribution in [0.15, 0.2) is 18.3 Å². The molecular formula is C14H16N4O. The number of hydrogen-bond acceptors (Lipinski definition) is 4. The molecule has 2 fully saturated rings. The number of nitriles is 1. The van der Waals surface area contributed by atoms with Crippen molar-refractivity contribution in [2.75, 3.05) is 13.1 Å². The van der Waals surface area contributed by atoms with E-state index < -0.39 is 0 Å². The highest BCUT2D eigenvalue weighted by molar-refractivity contribution is 5.93. The van der Waals surface area contributed by atoms with E-state index in [2.05, 4.69) is 17.2 Å². The zero-order valence-corrected chi connectivity index (χ0v) is 10.8. The van der Waals surface area contributed by atoms with E-state index in [1.807, 2.05) is 11.0 Å². The molecule has 0 bridgehead atoms. The lowest BCUT2D eigenvalue weighted by atomic mass is 10.0. The fourth-order valence-electron chi connectivity index (χ4n) is 3.23. The lowest BCUT2D eigenvalue weighted by Crippen LogP contribution is -2.43. The molecule has 0 saturated carbocycles. The highest BCUT2D eigenvalue weighted by Gasteiger charge is 2.44. The molecule has 98 valence electrons. The van der Waals surface area contributed by atoms with Crippen LogP contribution < -0.4 is 5.32 Å². The summed E-state index contributed by atoms with van der Waals surface area (Å²) < 4.78 is 0. The average molecular weight is 256 g/mol. The van der Waals surface area contributed by atoms with Gasteiger partial charge in [-0.3, -0.25) is 4.79 Å². The molecule has 2 saturated heterocycles. The molecule has 2 aliphatic heterocycles. The molecule has 1 N–H and O–H groups in total. The molecule has 0 aliphatic carbocycles. The number of hydrogen-bond donors (Lipinski definition) is 1. The smallest absolute Gasteiger partial charge is 0.272 e. The minimum absolute atomic E-state index is 0.0202. The molecule has 5 nitrogen and oxygen atoms in total. The van der Waals surface area contributed by atoms with Gasteiger partial charge < -0.3 is 10.2 Å². The Balaban J connectivity index is 1.84. The average Bonchev–Trinajstić information content (AvgIpc) is 2.98. The van der Waals surface area contributed by atoms with Crippen molar-refractivity contribution in [3.05, 3.63) is 29.6 Å². The van der Waals surface area contributed by atoms with Crippen molar-refractivity contribution in [1.29, 1.82) is 5.26 Å². The van der Waals surface area contributed by atoms with E-state index in [4.69, 9.17) is 5.26 Å². The number of nitrogens with one attached hydrogen (secondary N) is 1. The second kappa shape index (κ2) is 4.63. The van der Waals surface area contributed by atoms with Gasteiger partial charge >= 0.3 is 0 Å². The Morgan fingerprint density at radius 2 is 2.37 bits per heavy atom. The molecule has 0 aromatic carbocycles. The minimum atomic E-state index is -0.0202. The van der Waals surface area contributed by atoms with Crippen molar-refractivity contribution >= 4 is 5.91 Å². The number of carbonyl (C=O) groups is 1. The van der Waals surface area contributed by atoms with Crippen LogP contribution >= 0.6 is 0 Å². The van der Waals surface area contributed by atoms with Crippen molar-refractivity contribution in [1.82, 2.24) is 15.2 Å². The maximum absolute atomic E-state index is 12.6. The van der Waals surface area contributed by atoms with Crippen molar-refractivity contribution in [3.63, 3.8) is 0 Å². The summed E-state index contributed by atoms with van der Waals surface area (Å²) in [5.41, 5.74) is 0.907. The number of amides is 1. The van der Waals surface area contributed by atoms with Crippen LogP contribution in [0.2, 0.25) is 0 Å². The Hall–Kier alpha value is -1.93. The largest absolute Gasteiger partial charge is 0.330 e. The lowest BCUT2D eigenvalue weighted by Gasteiger charge is -2.27. The van der Waals surface area contributed by atoms with Gasteiger partial charge in [0, 0.05) is 31.4 Å². The van der Waals surface area contributed by atoms with Crippen molar-refractivity contribution in [2.24, 2.45) is 5.92 Å². The minimum Gasteiger partial charge on any atom is -0.330 e. The number of aromatic nitrogens is 1. The normalized spacial score (nSPS) is 29.1. The summed E-state index contributed by atoms with van der Waals surface area (Å²) >= 11 is 0. The van der Waals surface area contributed by atoms with Gasteiger partial charge in [0.15, 0.2) is 0 Å². The fraction of sp³-hybridized carbons (Fsp3) is 0.500. The van der Waals surface area contributed by atoms with Crippen molar-refractivity contribution in [2.45, 2.75) is 25.4 Å². The van der Waals surface area contributed by atoms with Gasteiger partial charge in [-0.15, -0.1) is 0 Å². The first-order chi connectivity index (χ1) is 9.20. The van der Waals surface area contributed by atoms with Crippen LogP contribution in [0.1, 0.15) is 29.4 Å². The Morgan fingerprint density at radius 1 is 1.53 bits per heavy atom. The van der Waals surface area contributed by atoms with E-state index in [0.717, 1.165) is 19.5 Å². The van der Waals surface area contributed by atoms with Crippen LogP contribution in [0.3, 0.4) is 0 Å². The van der Waals surface area contributed by atoms with E-state index in [1.54, 1.807) is 12.1 Å². The number of rotatable bonds is 1. The second-order valence-electron chi connectivity index (χ2n) is 5.33. The van der Waals surface area contributed by atoms with E-state index in [9.17, 15) is 4.79 Å². The molecule has 2 aliphatic rings. The summed E-state index contributed by atoms with van der Waals surface area (Å²) in [5, 5.41) is 12.1. The topological polar surface area (TPSA) is 69.0 Å². The van der Waals surface area contributed by atoms with Crippen LogP contribution in [0.4, 0.5) is 0 Å². The highest BCUT2D eigenvalue weighted by atomic mass is 16.2. The number of fused-ring (bicyclic) bond motifs is 1. The Kier molecular flexibility index (Phi) is 2.96. The van der Waals surface area contributed by atoms with Gasteiger partial charge in [-0.1, -0.05) is 0 Å². The Bertz CT molecular complexity index is 533. The first-order valence-corrected chi connectivity index (χ1v) is 6.60. The zero-order valence-electron chi connectivity index (χ0n) is 10.8. The van der Waals surface area contributed by atoms with E-state index in [-0.39, 0.29) is 11.9 Å². The predicted molar refractivity (Wildman–Crippen MR) is 69.3 cm³/mol. The van der Waals surface area contributed by atoms with E-state index in [0.29, 0.717) is 23.2 Å². The Morgan fingerprint density at radius 3 is 3.05 bits per heavy atom. The molecule has 0 radical (unpaired) electrons. The van der Waals surface area contributed by atoms with Gasteiger partial charge in [-0.25, -0.2) is 4.98 Å². The van der Waals surface area contributed by atoms with Gasteiger partial charge in [0.05, 0.1) is 5.56 Å². The molecule has 1 aromatic rings. The summed E-state index contributed by atoms with van der Waals surface area (Å²) in [6.07, 6.45) is 2.51. The van der Waals surface area contributed by atoms with Gasteiger partial charge in [0.2, 0.25) is 0 Å². The predicted octanol–water partition coefficient (Wildman–Crippen LogP) is 0.776. The maximum atomic E-state index is 12.6.